The van der Waals surface area contributed by atoms with Gasteiger partial charge in [-0.15, -0.1) is 0 Å². The minimum absolute atomic E-state index is 0.0696. The molecule has 0 saturated carbocycles. The van der Waals surface area contributed by atoms with Gasteiger partial charge in [-0.25, -0.2) is 9.18 Å². The van der Waals surface area contributed by atoms with Gasteiger partial charge in [-0.2, -0.15) is 0 Å². The van der Waals surface area contributed by atoms with Crippen LogP contribution in [0.4, 0.5) is 9.18 Å². The first-order valence-corrected chi connectivity index (χ1v) is 4.99. The van der Waals surface area contributed by atoms with Gasteiger partial charge in [0.2, 0.25) is 0 Å². The maximum absolute atomic E-state index is 13.3. The van der Waals surface area contributed by atoms with Crippen LogP contribution in [-0.4, -0.2) is 41.9 Å². The van der Waals surface area contributed by atoms with Crippen molar-refractivity contribution in [1.82, 2.24) is 4.90 Å². The van der Waals surface area contributed by atoms with E-state index in [1.54, 1.807) is 20.8 Å². The summed E-state index contributed by atoms with van der Waals surface area (Å²) in [6.07, 6.45) is -1.89. The Morgan fingerprint density at radius 1 is 1.56 bits per heavy atom. The van der Waals surface area contributed by atoms with Crippen molar-refractivity contribution >= 4 is 6.09 Å². The van der Waals surface area contributed by atoms with Crippen LogP contribution in [0.15, 0.2) is 5.11 Å². The van der Waals surface area contributed by atoms with Crippen molar-refractivity contribution in [3.8, 4) is 0 Å². The molecule has 1 heterocycles. The number of halogens is 1. The standard InChI is InChI=1S/C9H15FN4O2/c1-9(2,3)16-8(15)14-4-6(10)7(5-14)12-13-11/h6-7H,4-5H2,1-3H3/t6-,7-/m0/s1. The maximum Gasteiger partial charge on any atom is 0.410 e. The smallest absolute Gasteiger partial charge is 0.410 e. The summed E-state index contributed by atoms with van der Waals surface area (Å²) < 4.78 is 18.4. The molecule has 16 heavy (non-hydrogen) atoms. The summed E-state index contributed by atoms with van der Waals surface area (Å²) in [6, 6.07) is -0.808. The predicted molar refractivity (Wildman–Crippen MR) is 55.6 cm³/mol. The minimum Gasteiger partial charge on any atom is -0.444 e. The van der Waals surface area contributed by atoms with E-state index in [1.165, 1.54) is 4.90 Å². The van der Waals surface area contributed by atoms with Crippen molar-refractivity contribution in [3.05, 3.63) is 10.4 Å². The SMILES string of the molecule is CC(C)(C)OC(=O)N1C[C@H](N=[N+]=[N-])[C@@H](F)C1. The molecule has 1 aliphatic rings. The normalized spacial score (nSPS) is 25.1. The predicted octanol–water partition coefficient (Wildman–Crippen LogP) is 2.25. The summed E-state index contributed by atoms with van der Waals surface area (Å²) >= 11 is 0. The van der Waals surface area contributed by atoms with E-state index < -0.39 is 23.9 Å². The number of nitrogens with zero attached hydrogens (tertiary/aromatic N) is 4. The van der Waals surface area contributed by atoms with Gasteiger partial charge in [0.1, 0.15) is 11.8 Å². The lowest BCUT2D eigenvalue weighted by Gasteiger charge is -2.24. The molecule has 7 heteroatoms. The summed E-state index contributed by atoms with van der Waals surface area (Å²) in [4.78, 5) is 15.3. The van der Waals surface area contributed by atoms with Crippen molar-refractivity contribution < 1.29 is 13.9 Å². The van der Waals surface area contributed by atoms with E-state index >= 15 is 0 Å². The molecule has 0 spiro atoms. The fourth-order valence-corrected chi connectivity index (χ4v) is 1.40. The van der Waals surface area contributed by atoms with Crippen LogP contribution < -0.4 is 0 Å². The molecule has 90 valence electrons. The summed E-state index contributed by atoms with van der Waals surface area (Å²) in [6.45, 7) is 5.19. The monoisotopic (exact) mass is 230 g/mol. The molecule has 1 rings (SSSR count). The van der Waals surface area contributed by atoms with E-state index in [0.29, 0.717) is 0 Å². The molecule has 1 amide bonds. The molecule has 6 nitrogen and oxygen atoms in total. The van der Waals surface area contributed by atoms with Gasteiger partial charge in [0.05, 0.1) is 12.6 Å². The van der Waals surface area contributed by atoms with Gasteiger partial charge in [-0.3, -0.25) is 0 Å². The molecule has 0 aromatic rings. The molecule has 1 fully saturated rings. The molecular formula is C9H15FN4O2. The second kappa shape index (κ2) is 4.57. The molecule has 0 radical (unpaired) electrons. The largest absolute Gasteiger partial charge is 0.444 e. The number of rotatable bonds is 1. The number of ether oxygens (including phenoxy) is 1. The van der Waals surface area contributed by atoms with Crippen molar-refractivity contribution in [2.45, 2.75) is 38.6 Å². The number of carbonyl (C=O) groups excluding carboxylic acids is 1. The average Bonchev–Trinajstić information content (AvgIpc) is 2.46. The van der Waals surface area contributed by atoms with Gasteiger partial charge in [0.25, 0.3) is 0 Å². The van der Waals surface area contributed by atoms with Gasteiger partial charge in [0.15, 0.2) is 0 Å². The van der Waals surface area contributed by atoms with Crippen LogP contribution in [0.5, 0.6) is 0 Å². The van der Waals surface area contributed by atoms with Crippen molar-refractivity contribution in [2.75, 3.05) is 13.1 Å². The summed E-state index contributed by atoms with van der Waals surface area (Å²) in [5, 5.41) is 3.29. The van der Waals surface area contributed by atoms with Crippen LogP contribution in [0.2, 0.25) is 0 Å². The van der Waals surface area contributed by atoms with Crippen LogP contribution in [0, 0.1) is 0 Å². The highest BCUT2D eigenvalue weighted by molar-refractivity contribution is 5.68. The number of azide groups is 1. The molecule has 0 unspecified atom stereocenters. The third-order valence-electron chi connectivity index (χ3n) is 2.07. The Labute approximate surface area is 93.0 Å². The average molecular weight is 230 g/mol. The Hall–Kier alpha value is -1.49. The van der Waals surface area contributed by atoms with E-state index in [9.17, 15) is 9.18 Å². The summed E-state index contributed by atoms with van der Waals surface area (Å²) in [5.41, 5.74) is 7.60. The van der Waals surface area contributed by atoms with Crippen LogP contribution in [-0.2, 0) is 4.74 Å². The quantitative estimate of drug-likeness (QED) is 0.393. The second-order valence-electron chi connectivity index (χ2n) is 4.67. The number of hydrogen-bond acceptors (Lipinski definition) is 3. The fraction of sp³-hybridized carbons (Fsp3) is 0.889. The summed E-state index contributed by atoms with van der Waals surface area (Å²) in [7, 11) is 0. The van der Waals surface area contributed by atoms with Crippen molar-refractivity contribution in [1.29, 1.82) is 0 Å². The highest BCUT2D eigenvalue weighted by Gasteiger charge is 2.36. The number of carbonyl (C=O) groups is 1. The van der Waals surface area contributed by atoms with E-state index in [0.717, 1.165) is 0 Å². The third kappa shape index (κ3) is 3.27. The number of hydrogen-bond donors (Lipinski definition) is 0. The van der Waals surface area contributed by atoms with Gasteiger partial charge < -0.3 is 9.64 Å². The Kier molecular flexibility index (Phi) is 3.59. The Balaban J connectivity index is 2.58. The lowest BCUT2D eigenvalue weighted by Crippen LogP contribution is -2.35. The van der Waals surface area contributed by atoms with E-state index in [4.69, 9.17) is 10.3 Å². The topological polar surface area (TPSA) is 78.3 Å². The first-order valence-electron chi connectivity index (χ1n) is 4.99. The van der Waals surface area contributed by atoms with E-state index in [-0.39, 0.29) is 13.1 Å². The molecule has 0 bridgehead atoms. The van der Waals surface area contributed by atoms with Crippen molar-refractivity contribution in [3.63, 3.8) is 0 Å². The van der Waals surface area contributed by atoms with Crippen LogP contribution in [0.1, 0.15) is 20.8 Å². The second-order valence-corrected chi connectivity index (χ2v) is 4.67. The molecule has 0 N–H and O–H groups in total. The molecule has 0 aromatic heterocycles. The lowest BCUT2D eigenvalue weighted by atomic mass is 10.2. The zero-order valence-electron chi connectivity index (χ0n) is 9.55. The number of amides is 1. The van der Waals surface area contributed by atoms with E-state index in [1.807, 2.05) is 0 Å². The maximum atomic E-state index is 13.3. The first-order chi connectivity index (χ1) is 7.33. The molecule has 1 aliphatic heterocycles. The van der Waals surface area contributed by atoms with E-state index in [2.05, 4.69) is 10.0 Å². The highest BCUT2D eigenvalue weighted by Crippen LogP contribution is 2.19. The molecule has 0 aliphatic carbocycles. The molecule has 2 atom stereocenters. The zero-order chi connectivity index (χ0) is 12.3. The Bertz CT molecular complexity index is 322. The van der Waals surface area contributed by atoms with Gasteiger partial charge >= 0.3 is 6.09 Å². The van der Waals surface area contributed by atoms with Gasteiger partial charge in [0, 0.05) is 11.5 Å². The molecule has 0 aromatic carbocycles. The Morgan fingerprint density at radius 2 is 2.19 bits per heavy atom. The third-order valence-corrected chi connectivity index (χ3v) is 2.07. The summed E-state index contributed by atoms with van der Waals surface area (Å²) in [5.74, 6) is 0. The first kappa shape index (κ1) is 12.6. The van der Waals surface area contributed by atoms with Crippen molar-refractivity contribution in [2.24, 2.45) is 5.11 Å². The van der Waals surface area contributed by atoms with Crippen LogP contribution in [0.3, 0.4) is 0 Å². The lowest BCUT2D eigenvalue weighted by molar-refractivity contribution is 0.0283. The molecular weight excluding hydrogens is 215 g/mol. The van der Waals surface area contributed by atoms with Crippen LogP contribution >= 0.6 is 0 Å². The number of likely N-dealkylation sites (tertiary alicyclic amines) is 1. The van der Waals surface area contributed by atoms with Gasteiger partial charge in [-0.1, -0.05) is 5.11 Å². The fourth-order valence-electron chi connectivity index (χ4n) is 1.40. The van der Waals surface area contributed by atoms with Gasteiger partial charge in [-0.05, 0) is 26.3 Å². The highest BCUT2D eigenvalue weighted by atomic mass is 19.1. The Morgan fingerprint density at radius 3 is 2.69 bits per heavy atom. The minimum atomic E-state index is -1.32. The number of alkyl halides is 1. The molecule has 1 saturated heterocycles. The zero-order valence-corrected chi connectivity index (χ0v) is 9.55. The van der Waals surface area contributed by atoms with Crippen LogP contribution in [0.25, 0.3) is 10.4 Å².